The standard InChI is InChI=1S/C30H41N5O3S/c1-7-38-26(36)13-8-10-21-15-14-20-18-30(5,6)35(19-20)27-22(16-17-23(32-27)29(2,3)4)28(37)34-39-25-12-9-11-24(31-21)33-25/h8-9,11-13,16-17,20-21H,7,10,14-15,18-19H2,1-6H3,(H,31,33)(H,34,37)/b13-8+/t20-,21?/m0/s1. The summed E-state index contributed by atoms with van der Waals surface area (Å²) in [6.07, 6.45) is 6.98. The molecule has 2 aromatic heterocycles. The summed E-state index contributed by atoms with van der Waals surface area (Å²) in [6, 6.07) is 9.71. The smallest absolute Gasteiger partial charge is 0.330 e. The number of fused-ring (bicyclic) bond motifs is 6. The van der Waals surface area contributed by atoms with E-state index in [1.807, 2.05) is 36.4 Å². The molecule has 9 heteroatoms. The van der Waals surface area contributed by atoms with Gasteiger partial charge in [0.1, 0.15) is 16.7 Å². The molecule has 8 nitrogen and oxygen atoms in total. The summed E-state index contributed by atoms with van der Waals surface area (Å²) in [5, 5.41) is 4.25. The number of nitrogens with zero attached hydrogens (tertiary/aromatic N) is 3. The van der Waals surface area contributed by atoms with E-state index < -0.39 is 0 Å². The van der Waals surface area contributed by atoms with Gasteiger partial charge in [0.2, 0.25) is 0 Å². The lowest BCUT2D eigenvalue weighted by Gasteiger charge is -2.34. The SMILES string of the molecule is CCOC(=O)/C=C/CC1CC[C@@H]2CN(c3nc(C(C)(C)C)ccc3C(=O)NSc3cccc(n3)N1)C(C)(C)C2. The Morgan fingerprint density at radius 3 is 2.74 bits per heavy atom. The minimum Gasteiger partial charge on any atom is -0.463 e. The molecule has 2 aromatic rings. The Balaban J connectivity index is 1.67. The van der Waals surface area contributed by atoms with Crippen LogP contribution in [0.4, 0.5) is 11.6 Å². The van der Waals surface area contributed by atoms with Crippen LogP contribution in [0.3, 0.4) is 0 Å². The van der Waals surface area contributed by atoms with Gasteiger partial charge in [-0.2, -0.15) is 0 Å². The van der Waals surface area contributed by atoms with Gasteiger partial charge in [-0.1, -0.05) is 32.9 Å². The second-order valence-corrected chi connectivity index (χ2v) is 12.8. The van der Waals surface area contributed by atoms with Crippen molar-refractivity contribution in [2.75, 3.05) is 23.4 Å². The summed E-state index contributed by atoms with van der Waals surface area (Å²) in [7, 11) is 0. The third-order valence-electron chi connectivity index (χ3n) is 7.31. The molecule has 4 heterocycles. The van der Waals surface area contributed by atoms with Crippen LogP contribution in [0.2, 0.25) is 0 Å². The van der Waals surface area contributed by atoms with Gasteiger partial charge < -0.3 is 15.0 Å². The lowest BCUT2D eigenvalue weighted by molar-refractivity contribution is -0.137. The first-order valence-electron chi connectivity index (χ1n) is 13.8. The van der Waals surface area contributed by atoms with E-state index in [1.165, 1.54) is 18.0 Å². The van der Waals surface area contributed by atoms with E-state index in [9.17, 15) is 9.59 Å². The molecule has 4 bridgehead atoms. The topological polar surface area (TPSA) is 96.5 Å². The zero-order valence-corrected chi connectivity index (χ0v) is 24.7. The highest BCUT2D eigenvalue weighted by atomic mass is 32.2. The fourth-order valence-corrected chi connectivity index (χ4v) is 5.92. The molecule has 2 N–H and O–H groups in total. The first-order chi connectivity index (χ1) is 18.5. The molecule has 39 heavy (non-hydrogen) atoms. The van der Waals surface area contributed by atoms with Crippen molar-refractivity contribution in [1.29, 1.82) is 0 Å². The zero-order chi connectivity index (χ0) is 28.2. The highest BCUT2D eigenvalue weighted by Crippen LogP contribution is 2.40. The van der Waals surface area contributed by atoms with Crippen LogP contribution in [0.1, 0.15) is 83.3 Å². The Bertz CT molecular complexity index is 1220. The minimum atomic E-state index is -0.323. The number of carbonyl (C=O) groups is 2. The van der Waals surface area contributed by atoms with Crippen molar-refractivity contribution in [3.63, 3.8) is 0 Å². The van der Waals surface area contributed by atoms with E-state index in [0.29, 0.717) is 29.5 Å². The monoisotopic (exact) mass is 551 g/mol. The first-order valence-corrected chi connectivity index (χ1v) is 14.6. The van der Waals surface area contributed by atoms with Gasteiger partial charge in [-0.25, -0.2) is 14.8 Å². The number of ether oxygens (including phenoxy) is 1. The lowest BCUT2D eigenvalue weighted by Crippen LogP contribution is -2.40. The number of carbonyl (C=O) groups excluding carboxylic acids is 2. The molecule has 210 valence electrons. The summed E-state index contributed by atoms with van der Waals surface area (Å²) in [5.74, 6) is 1.42. The van der Waals surface area contributed by atoms with Gasteiger partial charge >= 0.3 is 5.97 Å². The third-order valence-corrected chi connectivity index (χ3v) is 8.04. The summed E-state index contributed by atoms with van der Waals surface area (Å²) >= 11 is 1.20. The molecule has 1 saturated heterocycles. The van der Waals surface area contributed by atoms with E-state index in [0.717, 1.165) is 43.1 Å². The number of aromatic nitrogens is 2. The highest BCUT2D eigenvalue weighted by Gasteiger charge is 2.41. The van der Waals surface area contributed by atoms with Crippen LogP contribution in [-0.2, 0) is 14.9 Å². The lowest BCUT2D eigenvalue weighted by atomic mass is 9.90. The fourth-order valence-electron chi connectivity index (χ4n) is 5.32. The van der Waals surface area contributed by atoms with E-state index in [-0.39, 0.29) is 28.9 Å². The largest absolute Gasteiger partial charge is 0.463 e. The molecule has 0 radical (unpaired) electrons. The Labute approximate surface area is 236 Å². The number of hydrogen-bond acceptors (Lipinski definition) is 8. The summed E-state index contributed by atoms with van der Waals surface area (Å²) in [5.41, 5.74) is 1.26. The molecule has 1 amide bonds. The number of pyridine rings is 2. The molecular formula is C30H41N5O3S. The van der Waals surface area contributed by atoms with Gasteiger partial charge in [-0.3, -0.25) is 9.52 Å². The highest BCUT2D eigenvalue weighted by molar-refractivity contribution is 7.97. The van der Waals surface area contributed by atoms with Crippen LogP contribution in [0.15, 0.2) is 47.5 Å². The molecule has 4 rings (SSSR count). The summed E-state index contributed by atoms with van der Waals surface area (Å²) < 4.78 is 8.03. The molecule has 1 unspecified atom stereocenters. The van der Waals surface area contributed by atoms with Crippen LogP contribution in [0.5, 0.6) is 0 Å². The van der Waals surface area contributed by atoms with Crippen LogP contribution in [-0.4, -0.2) is 46.6 Å². The average molecular weight is 552 g/mol. The molecule has 0 aromatic carbocycles. The normalized spacial score (nSPS) is 21.4. The maximum Gasteiger partial charge on any atom is 0.330 e. The van der Waals surface area contributed by atoms with Crippen LogP contribution < -0.4 is 14.9 Å². The predicted molar refractivity (Wildman–Crippen MR) is 157 cm³/mol. The maximum absolute atomic E-state index is 13.5. The van der Waals surface area contributed by atoms with Gasteiger partial charge in [0, 0.05) is 47.3 Å². The fraction of sp³-hybridized carbons (Fsp3) is 0.533. The summed E-state index contributed by atoms with van der Waals surface area (Å²) in [6.45, 7) is 13.9. The van der Waals surface area contributed by atoms with Crippen LogP contribution >= 0.6 is 11.9 Å². The van der Waals surface area contributed by atoms with Crippen molar-refractivity contribution in [3.05, 3.63) is 53.7 Å². The Morgan fingerprint density at radius 1 is 1.21 bits per heavy atom. The number of rotatable bonds is 4. The average Bonchev–Trinajstić information content (AvgIpc) is 3.18. The molecule has 2 aliphatic rings. The number of hydrogen-bond donors (Lipinski definition) is 2. The predicted octanol–water partition coefficient (Wildman–Crippen LogP) is 5.90. The van der Waals surface area contributed by atoms with E-state index in [2.05, 4.69) is 49.6 Å². The number of esters is 1. The first kappa shape index (κ1) is 28.9. The van der Waals surface area contributed by atoms with Crippen molar-refractivity contribution in [3.8, 4) is 0 Å². The molecule has 2 aliphatic heterocycles. The van der Waals surface area contributed by atoms with Crippen molar-refractivity contribution >= 4 is 35.5 Å². The van der Waals surface area contributed by atoms with E-state index in [4.69, 9.17) is 14.7 Å². The molecular weight excluding hydrogens is 510 g/mol. The van der Waals surface area contributed by atoms with Crippen molar-refractivity contribution in [2.24, 2.45) is 5.92 Å². The minimum absolute atomic E-state index is 0.0956. The van der Waals surface area contributed by atoms with Crippen molar-refractivity contribution in [1.82, 2.24) is 14.7 Å². The molecule has 2 atom stereocenters. The van der Waals surface area contributed by atoms with Gasteiger partial charge in [0.05, 0.1) is 12.2 Å². The van der Waals surface area contributed by atoms with Crippen LogP contribution in [0.25, 0.3) is 0 Å². The molecule has 0 spiro atoms. The van der Waals surface area contributed by atoms with Gasteiger partial charge in [0.15, 0.2) is 0 Å². The third kappa shape index (κ3) is 7.32. The Kier molecular flexibility index (Phi) is 8.89. The quantitative estimate of drug-likeness (QED) is 0.275. The van der Waals surface area contributed by atoms with Gasteiger partial charge in [0.25, 0.3) is 5.91 Å². The van der Waals surface area contributed by atoms with E-state index in [1.54, 1.807) is 6.92 Å². The van der Waals surface area contributed by atoms with Crippen molar-refractivity contribution < 1.29 is 14.3 Å². The second kappa shape index (κ2) is 12.0. The second-order valence-electron chi connectivity index (χ2n) is 12.0. The zero-order valence-electron chi connectivity index (χ0n) is 23.9. The number of anilines is 2. The number of nitrogens with one attached hydrogen (secondary N) is 2. The Morgan fingerprint density at radius 2 is 2.00 bits per heavy atom. The summed E-state index contributed by atoms with van der Waals surface area (Å²) in [4.78, 5) is 37.4. The molecule has 1 fully saturated rings. The van der Waals surface area contributed by atoms with Gasteiger partial charge in [-0.15, -0.1) is 0 Å². The molecule has 0 aliphatic carbocycles. The van der Waals surface area contributed by atoms with Crippen molar-refractivity contribution in [2.45, 2.75) is 89.2 Å². The van der Waals surface area contributed by atoms with E-state index >= 15 is 0 Å². The Hall–Kier alpha value is -3.07. The van der Waals surface area contributed by atoms with Gasteiger partial charge in [-0.05, 0) is 76.6 Å². The number of amides is 1. The van der Waals surface area contributed by atoms with Crippen LogP contribution in [0, 0.1) is 5.92 Å². The maximum atomic E-state index is 13.5. The molecule has 0 saturated carbocycles.